The second-order valence-corrected chi connectivity index (χ2v) is 7.40. The molecule has 4 heteroatoms. The Balaban J connectivity index is 2.23. The molecular formula is C19H34O4. The van der Waals surface area contributed by atoms with Crippen molar-refractivity contribution in [2.24, 2.45) is 11.8 Å². The molecule has 2 N–H and O–H groups in total. The first-order valence-electron chi connectivity index (χ1n) is 9.37. The zero-order valence-corrected chi connectivity index (χ0v) is 14.9. The number of hydrogen-bond donors (Lipinski definition) is 2. The Morgan fingerprint density at radius 2 is 1.78 bits per heavy atom. The van der Waals surface area contributed by atoms with Crippen molar-refractivity contribution in [3.05, 3.63) is 0 Å². The van der Waals surface area contributed by atoms with Gasteiger partial charge in [0.05, 0.1) is 0 Å². The molecule has 23 heavy (non-hydrogen) atoms. The molecule has 1 aliphatic rings. The first kappa shape index (κ1) is 20.1. The van der Waals surface area contributed by atoms with Crippen LogP contribution >= 0.6 is 0 Å². The predicted octanol–water partition coefficient (Wildman–Crippen LogP) is 4.34. The molecule has 1 saturated carbocycles. The second kappa shape index (κ2) is 10.1. The second-order valence-electron chi connectivity index (χ2n) is 7.40. The minimum absolute atomic E-state index is 0.233. The fraction of sp³-hybridized carbons (Fsp3) is 0.895. The van der Waals surface area contributed by atoms with Crippen molar-refractivity contribution in [3.63, 3.8) is 0 Å². The van der Waals surface area contributed by atoms with Crippen molar-refractivity contribution in [3.8, 4) is 0 Å². The van der Waals surface area contributed by atoms with E-state index in [2.05, 4.69) is 6.92 Å². The van der Waals surface area contributed by atoms with E-state index < -0.39 is 11.6 Å². The molecule has 4 nitrogen and oxygen atoms in total. The fourth-order valence-electron chi connectivity index (χ4n) is 3.67. The summed E-state index contributed by atoms with van der Waals surface area (Å²) in [6.07, 6.45) is 11.8. The van der Waals surface area contributed by atoms with Crippen LogP contribution in [0.5, 0.6) is 0 Å². The van der Waals surface area contributed by atoms with Gasteiger partial charge in [-0.25, -0.2) is 4.79 Å². The molecule has 1 rings (SSSR count). The number of Topliss-reactive ketones (excluding diaryl/α,β-unsaturated/α-hetero) is 1. The minimum Gasteiger partial charge on any atom is -0.479 e. The summed E-state index contributed by atoms with van der Waals surface area (Å²) in [6.45, 7) is 3.56. The standard InChI is InChI=1S/C19H34O4/c1-3-4-5-7-10-15-12-13-17(20)16(15)11-8-6-9-14-19(2,23)18(21)22/h15-16,23H,3-14H2,1-2H3,(H,21,22)/t15-,16+,19?/m0/s1. The van der Waals surface area contributed by atoms with E-state index in [0.717, 1.165) is 32.1 Å². The molecular weight excluding hydrogens is 292 g/mol. The lowest BCUT2D eigenvalue weighted by molar-refractivity contribution is -0.157. The molecule has 134 valence electrons. The van der Waals surface area contributed by atoms with Crippen LogP contribution in [0, 0.1) is 11.8 Å². The quantitative estimate of drug-likeness (QED) is 0.523. The highest BCUT2D eigenvalue weighted by Crippen LogP contribution is 2.36. The summed E-state index contributed by atoms with van der Waals surface area (Å²) in [4.78, 5) is 22.9. The summed E-state index contributed by atoms with van der Waals surface area (Å²) in [7, 11) is 0. The van der Waals surface area contributed by atoms with Gasteiger partial charge >= 0.3 is 5.97 Å². The molecule has 0 heterocycles. The Morgan fingerprint density at radius 3 is 2.43 bits per heavy atom. The van der Waals surface area contributed by atoms with Gasteiger partial charge in [-0.3, -0.25) is 4.79 Å². The lowest BCUT2D eigenvalue weighted by Crippen LogP contribution is -2.34. The average molecular weight is 326 g/mol. The Morgan fingerprint density at radius 1 is 1.13 bits per heavy atom. The van der Waals surface area contributed by atoms with Crippen LogP contribution in [-0.2, 0) is 9.59 Å². The number of carbonyl (C=O) groups excluding carboxylic acids is 1. The summed E-state index contributed by atoms with van der Waals surface area (Å²) in [5.41, 5.74) is -1.62. The predicted molar refractivity (Wildman–Crippen MR) is 91.3 cm³/mol. The van der Waals surface area contributed by atoms with Gasteiger partial charge < -0.3 is 10.2 Å². The SMILES string of the molecule is CCCCCC[C@H]1CCC(=O)[C@@H]1CCCCCC(C)(O)C(=O)O. The third kappa shape index (κ3) is 7.03. The van der Waals surface area contributed by atoms with Crippen molar-refractivity contribution in [2.45, 2.75) is 96.5 Å². The van der Waals surface area contributed by atoms with E-state index in [4.69, 9.17) is 5.11 Å². The number of carboxylic acids is 1. The fourth-order valence-corrected chi connectivity index (χ4v) is 3.67. The van der Waals surface area contributed by atoms with Gasteiger partial charge in [0.15, 0.2) is 5.60 Å². The zero-order chi connectivity index (χ0) is 17.3. The summed E-state index contributed by atoms with van der Waals surface area (Å²) in [5.74, 6) is 0.0803. The van der Waals surface area contributed by atoms with E-state index in [0.29, 0.717) is 18.1 Å². The van der Waals surface area contributed by atoms with E-state index >= 15 is 0 Å². The third-order valence-electron chi connectivity index (χ3n) is 5.31. The molecule has 0 aromatic carbocycles. The van der Waals surface area contributed by atoms with Gasteiger partial charge in [-0.2, -0.15) is 0 Å². The van der Waals surface area contributed by atoms with Gasteiger partial charge in [-0.1, -0.05) is 45.4 Å². The highest BCUT2D eigenvalue weighted by molar-refractivity contribution is 5.83. The monoisotopic (exact) mass is 326 g/mol. The van der Waals surface area contributed by atoms with Gasteiger partial charge in [0.25, 0.3) is 0 Å². The van der Waals surface area contributed by atoms with E-state index in [9.17, 15) is 14.7 Å². The van der Waals surface area contributed by atoms with Crippen LogP contribution in [0.1, 0.15) is 90.9 Å². The lowest BCUT2D eigenvalue weighted by atomic mass is 9.86. The van der Waals surface area contributed by atoms with Crippen molar-refractivity contribution in [2.75, 3.05) is 0 Å². The molecule has 0 bridgehead atoms. The van der Waals surface area contributed by atoms with Crippen LogP contribution in [0.4, 0.5) is 0 Å². The molecule has 0 spiro atoms. The Labute approximate surface area is 140 Å². The van der Waals surface area contributed by atoms with Gasteiger partial charge in [0, 0.05) is 12.3 Å². The van der Waals surface area contributed by atoms with Crippen molar-refractivity contribution < 1.29 is 19.8 Å². The Bertz CT molecular complexity index is 376. The number of aliphatic carboxylic acids is 1. The average Bonchev–Trinajstić information content (AvgIpc) is 2.84. The van der Waals surface area contributed by atoms with E-state index in [1.54, 1.807) is 0 Å². The maximum atomic E-state index is 12.1. The van der Waals surface area contributed by atoms with Gasteiger partial charge in [-0.15, -0.1) is 0 Å². The molecule has 1 unspecified atom stereocenters. The van der Waals surface area contributed by atoms with Crippen LogP contribution in [-0.4, -0.2) is 27.6 Å². The zero-order valence-electron chi connectivity index (χ0n) is 14.9. The highest BCUT2D eigenvalue weighted by atomic mass is 16.4. The molecule has 3 atom stereocenters. The molecule has 0 aliphatic heterocycles. The maximum absolute atomic E-state index is 12.1. The van der Waals surface area contributed by atoms with Crippen LogP contribution < -0.4 is 0 Å². The number of ketones is 1. The number of rotatable bonds is 12. The van der Waals surface area contributed by atoms with E-state index in [1.807, 2.05) is 0 Å². The highest BCUT2D eigenvalue weighted by Gasteiger charge is 2.33. The lowest BCUT2D eigenvalue weighted by Gasteiger charge is -2.19. The largest absolute Gasteiger partial charge is 0.479 e. The molecule has 0 radical (unpaired) electrons. The molecule has 0 aromatic heterocycles. The van der Waals surface area contributed by atoms with E-state index in [-0.39, 0.29) is 12.3 Å². The first-order valence-corrected chi connectivity index (χ1v) is 9.37. The van der Waals surface area contributed by atoms with Gasteiger partial charge in [0.1, 0.15) is 5.78 Å². The van der Waals surface area contributed by atoms with Crippen molar-refractivity contribution >= 4 is 11.8 Å². The topological polar surface area (TPSA) is 74.6 Å². The molecule has 0 saturated heterocycles. The summed E-state index contributed by atoms with van der Waals surface area (Å²) in [6, 6.07) is 0. The summed E-state index contributed by atoms with van der Waals surface area (Å²) < 4.78 is 0. The Hall–Kier alpha value is -0.900. The third-order valence-corrected chi connectivity index (χ3v) is 5.31. The maximum Gasteiger partial charge on any atom is 0.335 e. The van der Waals surface area contributed by atoms with Crippen LogP contribution in [0.15, 0.2) is 0 Å². The number of hydrogen-bond acceptors (Lipinski definition) is 3. The van der Waals surface area contributed by atoms with Crippen molar-refractivity contribution in [1.29, 1.82) is 0 Å². The van der Waals surface area contributed by atoms with Gasteiger partial charge in [-0.05, 0) is 44.9 Å². The normalized spacial score (nSPS) is 23.9. The molecule has 1 aliphatic carbocycles. The van der Waals surface area contributed by atoms with Crippen LogP contribution in [0.25, 0.3) is 0 Å². The van der Waals surface area contributed by atoms with E-state index in [1.165, 1.54) is 39.0 Å². The molecule has 0 aromatic rings. The molecule has 0 amide bonds. The van der Waals surface area contributed by atoms with Crippen LogP contribution in [0.2, 0.25) is 0 Å². The summed E-state index contributed by atoms with van der Waals surface area (Å²) >= 11 is 0. The molecule has 1 fully saturated rings. The number of carbonyl (C=O) groups is 2. The van der Waals surface area contributed by atoms with Crippen molar-refractivity contribution in [1.82, 2.24) is 0 Å². The minimum atomic E-state index is -1.62. The smallest absolute Gasteiger partial charge is 0.335 e. The Kier molecular flexibility index (Phi) is 8.82. The van der Waals surface area contributed by atoms with Gasteiger partial charge in [0.2, 0.25) is 0 Å². The van der Waals surface area contributed by atoms with Crippen LogP contribution in [0.3, 0.4) is 0 Å². The number of carboxylic acid groups (broad SMARTS) is 1. The number of aliphatic hydroxyl groups is 1. The first-order chi connectivity index (χ1) is 10.9. The summed E-state index contributed by atoms with van der Waals surface area (Å²) in [5, 5.41) is 18.5. The number of unbranched alkanes of at least 4 members (excludes halogenated alkanes) is 5.